The lowest BCUT2D eigenvalue weighted by Crippen LogP contribution is -2.20. The topological polar surface area (TPSA) is 35.2 Å². The third kappa shape index (κ3) is 2.50. The van der Waals surface area contributed by atoms with E-state index < -0.39 is 5.92 Å². The van der Waals surface area contributed by atoms with E-state index in [0.717, 1.165) is 0 Å². The van der Waals surface area contributed by atoms with E-state index in [0.29, 0.717) is 16.9 Å². The summed E-state index contributed by atoms with van der Waals surface area (Å²) >= 11 is 0. The van der Waals surface area contributed by atoms with Crippen molar-refractivity contribution >= 4 is 0 Å². The second-order valence-electron chi connectivity index (χ2n) is 3.88. The minimum absolute atomic E-state index is 0.0302. The molecule has 4 heteroatoms. The predicted octanol–water partition coefficient (Wildman–Crippen LogP) is 2.75. The van der Waals surface area contributed by atoms with Gasteiger partial charge in [-0.3, -0.25) is 0 Å². The summed E-state index contributed by atoms with van der Waals surface area (Å²) in [4.78, 5) is 0. The molecular formula is C12H17F2NO. The van der Waals surface area contributed by atoms with Gasteiger partial charge in [0.15, 0.2) is 0 Å². The van der Waals surface area contributed by atoms with E-state index in [1.54, 1.807) is 19.9 Å². The fourth-order valence-corrected chi connectivity index (χ4v) is 1.72. The van der Waals surface area contributed by atoms with Gasteiger partial charge in [0, 0.05) is 12.0 Å². The molecule has 0 aliphatic carbocycles. The van der Waals surface area contributed by atoms with Crippen LogP contribution in [0.4, 0.5) is 8.78 Å². The number of hydrogen-bond acceptors (Lipinski definition) is 2. The van der Waals surface area contributed by atoms with Crippen LogP contribution in [0, 0.1) is 13.8 Å². The van der Waals surface area contributed by atoms with Gasteiger partial charge in [0.1, 0.15) is 5.75 Å². The van der Waals surface area contributed by atoms with E-state index in [-0.39, 0.29) is 18.5 Å². The van der Waals surface area contributed by atoms with Gasteiger partial charge in [-0.2, -0.15) is 0 Å². The largest absolute Gasteiger partial charge is 0.496 e. The highest BCUT2D eigenvalue weighted by atomic mass is 19.3. The molecule has 0 aromatic heterocycles. The van der Waals surface area contributed by atoms with Crippen LogP contribution in [0.25, 0.3) is 0 Å². The van der Waals surface area contributed by atoms with E-state index in [1.807, 2.05) is 0 Å². The molecule has 0 heterocycles. The molecule has 2 nitrogen and oxygen atoms in total. The molecule has 0 aliphatic rings. The van der Waals surface area contributed by atoms with Crippen molar-refractivity contribution in [2.24, 2.45) is 5.73 Å². The number of aryl methyl sites for hydroxylation is 2. The second-order valence-corrected chi connectivity index (χ2v) is 3.88. The van der Waals surface area contributed by atoms with Crippen molar-refractivity contribution in [1.29, 1.82) is 0 Å². The first-order valence-electron chi connectivity index (χ1n) is 5.16. The Morgan fingerprint density at radius 3 is 2.38 bits per heavy atom. The van der Waals surface area contributed by atoms with Gasteiger partial charge in [-0.25, -0.2) is 8.78 Å². The van der Waals surface area contributed by atoms with Crippen molar-refractivity contribution in [3.05, 3.63) is 28.8 Å². The Bertz CT molecular complexity index is 378. The smallest absolute Gasteiger partial charge is 0.274 e. The third-order valence-corrected chi connectivity index (χ3v) is 2.59. The summed E-state index contributed by atoms with van der Waals surface area (Å²) in [6, 6.07) is 3.11. The first-order chi connectivity index (χ1) is 7.42. The molecule has 1 rings (SSSR count). The van der Waals surface area contributed by atoms with Gasteiger partial charge >= 0.3 is 0 Å². The van der Waals surface area contributed by atoms with Crippen LogP contribution in [0.1, 0.15) is 23.1 Å². The molecule has 0 amide bonds. The van der Waals surface area contributed by atoms with Crippen LogP contribution in [0.2, 0.25) is 0 Å². The highest BCUT2D eigenvalue weighted by molar-refractivity contribution is 5.43. The van der Waals surface area contributed by atoms with Crippen molar-refractivity contribution in [3.8, 4) is 5.75 Å². The maximum atomic E-state index is 13.7. The summed E-state index contributed by atoms with van der Waals surface area (Å²) in [6.07, 6.45) is -0.334. The van der Waals surface area contributed by atoms with Gasteiger partial charge in [-0.15, -0.1) is 0 Å². The zero-order chi connectivity index (χ0) is 12.3. The minimum atomic E-state index is -2.87. The van der Waals surface area contributed by atoms with Crippen molar-refractivity contribution in [2.45, 2.75) is 26.2 Å². The highest BCUT2D eigenvalue weighted by Crippen LogP contribution is 2.36. The second kappa shape index (κ2) is 4.78. The monoisotopic (exact) mass is 229 g/mol. The molecule has 90 valence electrons. The Hall–Kier alpha value is -1.16. The number of hydrogen-bond donors (Lipinski definition) is 1. The summed E-state index contributed by atoms with van der Waals surface area (Å²) in [6.45, 7) is 3.37. The van der Waals surface area contributed by atoms with Gasteiger partial charge in [0.25, 0.3) is 5.92 Å². The van der Waals surface area contributed by atoms with Crippen LogP contribution in [-0.2, 0) is 5.92 Å². The number of nitrogens with two attached hydrogens (primary N) is 1. The van der Waals surface area contributed by atoms with Gasteiger partial charge in [-0.05, 0) is 43.7 Å². The predicted molar refractivity (Wildman–Crippen MR) is 60.0 cm³/mol. The standard InChI is InChI=1S/C12H17F2NO/c1-8-7-11(16-3)9(2)6-10(8)12(13,14)4-5-15/h6-7H,4-5,15H2,1-3H3. The van der Waals surface area contributed by atoms with Crippen molar-refractivity contribution in [1.82, 2.24) is 0 Å². The number of rotatable bonds is 4. The third-order valence-electron chi connectivity index (χ3n) is 2.59. The molecule has 0 radical (unpaired) electrons. The number of alkyl halides is 2. The lowest BCUT2D eigenvalue weighted by atomic mass is 9.97. The molecule has 0 fully saturated rings. The average molecular weight is 229 g/mol. The van der Waals surface area contributed by atoms with E-state index >= 15 is 0 Å². The van der Waals surface area contributed by atoms with Gasteiger partial charge in [-0.1, -0.05) is 0 Å². The Balaban J connectivity index is 3.20. The Morgan fingerprint density at radius 1 is 1.25 bits per heavy atom. The van der Waals surface area contributed by atoms with E-state index in [2.05, 4.69) is 0 Å². The number of methoxy groups -OCH3 is 1. The number of halogens is 2. The molecule has 0 aliphatic heterocycles. The van der Waals surface area contributed by atoms with Crippen LogP contribution in [0.3, 0.4) is 0 Å². The maximum absolute atomic E-state index is 13.7. The summed E-state index contributed by atoms with van der Waals surface area (Å²) in [5.74, 6) is -2.24. The zero-order valence-corrected chi connectivity index (χ0v) is 9.81. The molecule has 0 saturated carbocycles. The molecule has 0 spiro atoms. The van der Waals surface area contributed by atoms with Crippen LogP contribution in [0.15, 0.2) is 12.1 Å². The molecule has 1 aromatic rings. The van der Waals surface area contributed by atoms with Crippen LogP contribution in [0.5, 0.6) is 5.75 Å². The molecule has 0 saturated heterocycles. The first kappa shape index (κ1) is 12.9. The molecule has 1 aromatic carbocycles. The van der Waals surface area contributed by atoms with Gasteiger partial charge in [0.2, 0.25) is 0 Å². The number of ether oxygens (including phenoxy) is 1. The van der Waals surface area contributed by atoms with E-state index in [9.17, 15) is 8.78 Å². The van der Waals surface area contributed by atoms with Crippen molar-refractivity contribution < 1.29 is 13.5 Å². The molecule has 0 atom stereocenters. The molecule has 0 unspecified atom stereocenters. The Morgan fingerprint density at radius 2 is 1.88 bits per heavy atom. The molecule has 0 bridgehead atoms. The SMILES string of the molecule is COc1cc(C)c(C(F)(F)CCN)cc1C. The Kier molecular flexibility index (Phi) is 3.86. The molecule has 16 heavy (non-hydrogen) atoms. The zero-order valence-electron chi connectivity index (χ0n) is 9.81. The van der Waals surface area contributed by atoms with Crippen LogP contribution >= 0.6 is 0 Å². The summed E-state index contributed by atoms with van der Waals surface area (Å²) < 4.78 is 32.5. The molecular weight excluding hydrogens is 212 g/mol. The van der Waals surface area contributed by atoms with Crippen molar-refractivity contribution in [2.75, 3.05) is 13.7 Å². The summed E-state index contributed by atoms with van der Waals surface area (Å²) in [5.41, 5.74) is 6.47. The average Bonchev–Trinajstić information content (AvgIpc) is 2.20. The van der Waals surface area contributed by atoms with E-state index in [4.69, 9.17) is 10.5 Å². The summed E-state index contributed by atoms with van der Waals surface area (Å²) in [5, 5.41) is 0. The summed E-state index contributed by atoms with van der Waals surface area (Å²) in [7, 11) is 1.53. The minimum Gasteiger partial charge on any atom is -0.496 e. The van der Waals surface area contributed by atoms with Crippen molar-refractivity contribution in [3.63, 3.8) is 0 Å². The first-order valence-corrected chi connectivity index (χ1v) is 5.16. The lowest BCUT2D eigenvalue weighted by Gasteiger charge is -2.20. The quantitative estimate of drug-likeness (QED) is 0.861. The van der Waals surface area contributed by atoms with Crippen LogP contribution < -0.4 is 10.5 Å². The lowest BCUT2D eigenvalue weighted by molar-refractivity contribution is -0.0114. The maximum Gasteiger partial charge on any atom is 0.274 e. The normalized spacial score (nSPS) is 11.6. The van der Waals surface area contributed by atoms with Gasteiger partial charge < -0.3 is 10.5 Å². The highest BCUT2D eigenvalue weighted by Gasteiger charge is 2.32. The van der Waals surface area contributed by atoms with Crippen LogP contribution in [-0.4, -0.2) is 13.7 Å². The fourth-order valence-electron chi connectivity index (χ4n) is 1.72. The van der Waals surface area contributed by atoms with E-state index in [1.165, 1.54) is 13.2 Å². The number of benzene rings is 1. The fraction of sp³-hybridized carbons (Fsp3) is 0.500. The molecule has 2 N–H and O–H groups in total. The Labute approximate surface area is 94.4 Å². The van der Waals surface area contributed by atoms with Gasteiger partial charge in [0.05, 0.1) is 7.11 Å².